The summed E-state index contributed by atoms with van der Waals surface area (Å²) < 4.78 is 31.6. The number of carboxylic acid groups (broad SMARTS) is 1. The molecule has 1 aliphatic rings. The second kappa shape index (κ2) is 7.53. The van der Waals surface area contributed by atoms with Crippen molar-refractivity contribution in [2.45, 2.75) is 36.9 Å². The molecule has 9 heteroatoms. The number of carboxylic acids is 1. The van der Waals surface area contributed by atoms with Gasteiger partial charge in [-0.1, -0.05) is 30.3 Å². The molecule has 144 valence electrons. The molecule has 1 fully saturated rings. The van der Waals surface area contributed by atoms with Crippen LogP contribution in [0.4, 0.5) is 0 Å². The Bertz CT molecular complexity index is 938. The van der Waals surface area contributed by atoms with Crippen molar-refractivity contribution < 1.29 is 27.5 Å². The van der Waals surface area contributed by atoms with E-state index in [0.29, 0.717) is 12.8 Å². The lowest BCUT2D eigenvalue weighted by Gasteiger charge is -2.24. The van der Waals surface area contributed by atoms with Gasteiger partial charge in [0, 0.05) is 6.54 Å². The summed E-state index contributed by atoms with van der Waals surface area (Å²) in [6.07, 6.45) is 0.919. The predicted molar refractivity (Wildman–Crippen MR) is 95.6 cm³/mol. The number of carbonyl (C=O) groups excluding carboxylic acids is 1. The highest BCUT2D eigenvalue weighted by atomic mass is 32.2. The van der Waals surface area contributed by atoms with Crippen LogP contribution in [0.15, 0.2) is 52.0 Å². The van der Waals surface area contributed by atoms with E-state index in [1.54, 1.807) is 0 Å². The molecule has 27 heavy (non-hydrogen) atoms. The molecular formula is C18H20N2O6S. The van der Waals surface area contributed by atoms with Gasteiger partial charge in [-0.2, -0.15) is 4.31 Å². The van der Waals surface area contributed by atoms with Gasteiger partial charge in [0.2, 0.25) is 16.8 Å². The van der Waals surface area contributed by atoms with Gasteiger partial charge < -0.3 is 14.8 Å². The largest absolute Gasteiger partial charge is 0.475 e. The Kier molecular flexibility index (Phi) is 5.33. The normalized spacial score (nSPS) is 18.9. The summed E-state index contributed by atoms with van der Waals surface area (Å²) in [5, 5.41) is 11.3. The fourth-order valence-electron chi connectivity index (χ4n) is 3.11. The van der Waals surface area contributed by atoms with Gasteiger partial charge in [-0.25, -0.2) is 13.2 Å². The van der Waals surface area contributed by atoms with E-state index in [4.69, 9.17) is 9.52 Å². The molecule has 0 saturated carbocycles. The van der Waals surface area contributed by atoms with Crippen molar-refractivity contribution in [1.29, 1.82) is 0 Å². The number of sulfonamides is 1. The van der Waals surface area contributed by atoms with E-state index >= 15 is 0 Å². The first-order valence-electron chi connectivity index (χ1n) is 8.51. The third-order valence-electron chi connectivity index (χ3n) is 4.52. The molecular weight excluding hydrogens is 372 g/mol. The van der Waals surface area contributed by atoms with Gasteiger partial charge in [0.1, 0.15) is 6.04 Å². The van der Waals surface area contributed by atoms with Gasteiger partial charge >= 0.3 is 5.97 Å². The van der Waals surface area contributed by atoms with Crippen LogP contribution in [-0.4, -0.2) is 42.3 Å². The van der Waals surface area contributed by atoms with Crippen molar-refractivity contribution in [2.24, 2.45) is 0 Å². The smallest absolute Gasteiger partial charge is 0.371 e. The Hall–Kier alpha value is -2.65. The minimum Gasteiger partial charge on any atom is -0.475 e. The number of hydrogen-bond acceptors (Lipinski definition) is 5. The molecule has 8 nitrogen and oxygen atoms in total. The van der Waals surface area contributed by atoms with Crippen molar-refractivity contribution in [3.05, 3.63) is 53.8 Å². The predicted octanol–water partition coefficient (Wildman–Crippen LogP) is 2.01. The number of benzene rings is 1. The second-order valence-corrected chi connectivity index (χ2v) is 8.16. The summed E-state index contributed by atoms with van der Waals surface area (Å²) in [5.41, 5.74) is 0.912. The molecule has 3 rings (SSSR count). The Labute approximate surface area is 156 Å². The molecule has 2 atom stereocenters. The lowest BCUT2D eigenvalue weighted by atomic mass is 10.1. The van der Waals surface area contributed by atoms with Crippen molar-refractivity contribution in [1.82, 2.24) is 9.62 Å². The van der Waals surface area contributed by atoms with Crippen LogP contribution in [0, 0.1) is 0 Å². The number of nitrogens with one attached hydrogen (secondary N) is 1. The molecule has 1 amide bonds. The SMILES string of the molecule is C[C@@H](NC(=O)C1CCCN1S(=O)(=O)c1ccc(C(=O)O)o1)c1ccccc1. The Morgan fingerprint density at radius 3 is 2.56 bits per heavy atom. The molecule has 0 radical (unpaired) electrons. The Balaban J connectivity index is 1.77. The zero-order valence-corrected chi connectivity index (χ0v) is 15.5. The molecule has 1 aliphatic heterocycles. The molecule has 1 saturated heterocycles. The van der Waals surface area contributed by atoms with Crippen LogP contribution in [0.5, 0.6) is 0 Å². The number of nitrogens with zero attached hydrogens (tertiary/aromatic N) is 1. The van der Waals surface area contributed by atoms with Gasteiger partial charge in [-0.15, -0.1) is 0 Å². The summed E-state index contributed by atoms with van der Waals surface area (Å²) in [6.45, 7) is 2.00. The van der Waals surface area contributed by atoms with E-state index in [9.17, 15) is 18.0 Å². The number of furan rings is 1. The first kappa shape index (κ1) is 19.1. The number of rotatable bonds is 6. The molecule has 0 spiro atoms. The standard InChI is InChI=1S/C18H20N2O6S/c1-12(13-6-3-2-4-7-13)19-17(21)14-8-5-11-20(14)27(24,25)16-10-9-15(26-16)18(22)23/h2-4,6-7,9-10,12,14H,5,8,11H2,1H3,(H,19,21)(H,22,23)/t12-,14?/m1/s1. The van der Waals surface area contributed by atoms with Crippen LogP contribution >= 0.6 is 0 Å². The van der Waals surface area contributed by atoms with Gasteiger partial charge in [-0.3, -0.25) is 4.79 Å². The van der Waals surface area contributed by atoms with Crippen LogP contribution in [0.2, 0.25) is 0 Å². The van der Waals surface area contributed by atoms with Gasteiger partial charge in [0.25, 0.3) is 10.0 Å². The van der Waals surface area contributed by atoms with Crippen molar-refractivity contribution >= 4 is 21.9 Å². The van der Waals surface area contributed by atoms with Crippen LogP contribution in [0.3, 0.4) is 0 Å². The topological polar surface area (TPSA) is 117 Å². The van der Waals surface area contributed by atoms with E-state index in [1.165, 1.54) is 0 Å². The minimum absolute atomic E-state index is 0.170. The molecule has 0 aliphatic carbocycles. The average molecular weight is 392 g/mol. The van der Waals surface area contributed by atoms with Gasteiger partial charge in [0.15, 0.2) is 0 Å². The van der Waals surface area contributed by atoms with E-state index in [1.807, 2.05) is 37.3 Å². The second-order valence-electron chi connectivity index (χ2n) is 6.34. The van der Waals surface area contributed by atoms with E-state index < -0.39 is 38.8 Å². The highest BCUT2D eigenvalue weighted by Gasteiger charge is 2.41. The molecule has 2 aromatic rings. The highest BCUT2D eigenvalue weighted by molar-refractivity contribution is 7.89. The third kappa shape index (κ3) is 3.88. The summed E-state index contributed by atoms with van der Waals surface area (Å²) >= 11 is 0. The zero-order chi connectivity index (χ0) is 19.6. The first-order chi connectivity index (χ1) is 12.8. The monoisotopic (exact) mass is 392 g/mol. The number of aromatic carboxylic acids is 1. The van der Waals surface area contributed by atoms with Crippen LogP contribution < -0.4 is 5.32 Å². The summed E-state index contributed by atoms with van der Waals surface area (Å²) in [5.74, 6) is -2.22. The summed E-state index contributed by atoms with van der Waals surface area (Å²) in [4.78, 5) is 23.6. The van der Waals surface area contributed by atoms with Crippen LogP contribution in [0.25, 0.3) is 0 Å². The molecule has 0 bridgehead atoms. The van der Waals surface area contributed by atoms with Crippen LogP contribution in [-0.2, 0) is 14.8 Å². The van der Waals surface area contributed by atoms with Crippen molar-refractivity contribution in [3.63, 3.8) is 0 Å². The van der Waals surface area contributed by atoms with E-state index in [0.717, 1.165) is 22.0 Å². The molecule has 1 aromatic heterocycles. The van der Waals surface area contributed by atoms with Crippen molar-refractivity contribution in [3.8, 4) is 0 Å². The maximum absolute atomic E-state index is 12.8. The van der Waals surface area contributed by atoms with Crippen molar-refractivity contribution in [2.75, 3.05) is 6.54 Å². The summed E-state index contributed by atoms with van der Waals surface area (Å²) in [7, 11) is -4.10. The first-order valence-corrected chi connectivity index (χ1v) is 9.95. The maximum Gasteiger partial charge on any atom is 0.371 e. The quantitative estimate of drug-likeness (QED) is 0.777. The molecule has 2 heterocycles. The highest BCUT2D eigenvalue weighted by Crippen LogP contribution is 2.28. The minimum atomic E-state index is -4.10. The Morgan fingerprint density at radius 2 is 1.93 bits per heavy atom. The fraction of sp³-hybridized carbons (Fsp3) is 0.333. The molecule has 1 aromatic carbocycles. The van der Waals surface area contributed by atoms with Crippen LogP contribution in [0.1, 0.15) is 41.9 Å². The van der Waals surface area contributed by atoms with E-state index in [-0.39, 0.29) is 12.6 Å². The number of carbonyl (C=O) groups is 2. The lowest BCUT2D eigenvalue weighted by Crippen LogP contribution is -2.46. The fourth-order valence-corrected chi connectivity index (χ4v) is 4.69. The summed E-state index contributed by atoms with van der Waals surface area (Å²) in [6, 6.07) is 10.4. The Morgan fingerprint density at radius 1 is 1.22 bits per heavy atom. The maximum atomic E-state index is 12.8. The van der Waals surface area contributed by atoms with Gasteiger partial charge in [-0.05, 0) is 37.5 Å². The average Bonchev–Trinajstić information content (AvgIpc) is 3.32. The van der Waals surface area contributed by atoms with E-state index in [2.05, 4.69) is 5.32 Å². The lowest BCUT2D eigenvalue weighted by molar-refractivity contribution is -0.124. The number of hydrogen-bond donors (Lipinski definition) is 2. The molecule has 2 N–H and O–H groups in total. The molecule has 1 unspecified atom stereocenters. The third-order valence-corrected chi connectivity index (χ3v) is 6.30. The number of amides is 1. The zero-order valence-electron chi connectivity index (χ0n) is 14.7. The van der Waals surface area contributed by atoms with Gasteiger partial charge in [0.05, 0.1) is 6.04 Å².